The minimum Gasteiger partial charge on any atom is -0.0622 e. The molecule has 0 atom stereocenters. The van der Waals surface area contributed by atoms with Gasteiger partial charge in [-0.2, -0.15) is 0 Å². The van der Waals surface area contributed by atoms with Gasteiger partial charge in [-0.25, -0.2) is 0 Å². The van der Waals surface area contributed by atoms with Crippen LogP contribution in [0.5, 0.6) is 0 Å². The zero-order valence-electron chi connectivity index (χ0n) is 34.8. The molecule has 0 aliphatic heterocycles. The predicted octanol–water partition coefficient (Wildman–Crippen LogP) is 16.8. The Balaban J connectivity index is 1.24. The zero-order valence-corrected chi connectivity index (χ0v) is 34.8. The lowest BCUT2D eigenvalue weighted by atomic mass is 9.49. The third kappa shape index (κ3) is 5.02. The van der Waals surface area contributed by atoms with Gasteiger partial charge in [-0.05, 0) is 145 Å². The van der Waals surface area contributed by atoms with E-state index in [0.29, 0.717) is 0 Å². The number of hydrogen-bond acceptors (Lipinski definition) is 0. The Morgan fingerprint density at radius 2 is 0.763 bits per heavy atom. The number of benzene rings is 10. The molecule has 1 aliphatic carbocycles. The van der Waals surface area contributed by atoms with Gasteiger partial charge in [-0.15, -0.1) is 0 Å². The molecular formula is C59H48. The molecular weight excluding hydrogens is 709 g/mol. The molecule has 59 heavy (non-hydrogen) atoms. The van der Waals surface area contributed by atoms with Crippen LogP contribution in [0, 0.1) is 10.8 Å². The van der Waals surface area contributed by atoms with Gasteiger partial charge in [0.15, 0.2) is 0 Å². The fourth-order valence-electron chi connectivity index (χ4n) is 11.8. The van der Waals surface area contributed by atoms with Crippen molar-refractivity contribution in [1.82, 2.24) is 0 Å². The summed E-state index contributed by atoms with van der Waals surface area (Å²) in [6, 6.07) is 68.5. The molecule has 1 aliphatic rings. The first-order valence-corrected chi connectivity index (χ1v) is 21.2. The van der Waals surface area contributed by atoms with Crippen LogP contribution in [0.4, 0.5) is 0 Å². The fraction of sp³-hybridized carbons (Fsp3) is 0.153. The van der Waals surface area contributed by atoms with Crippen LogP contribution in [0.3, 0.4) is 0 Å². The average Bonchev–Trinajstić information content (AvgIpc) is 3.57. The van der Waals surface area contributed by atoms with Crippen molar-refractivity contribution in [2.24, 2.45) is 10.8 Å². The summed E-state index contributed by atoms with van der Waals surface area (Å²) in [7, 11) is 0. The maximum Gasteiger partial charge on any atom is 0.0318 e. The van der Waals surface area contributed by atoms with Gasteiger partial charge in [0.1, 0.15) is 0 Å². The summed E-state index contributed by atoms with van der Waals surface area (Å²) in [5, 5.41) is 13.0. The largest absolute Gasteiger partial charge is 0.0622 e. The second kappa shape index (κ2) is 12.7. The van der Waals surface area contributed by atoms with Crippen molar-refractivity contribution in [2.75, 3.05) is 0 Å². The van der Waals surface area contributed by atoms with E-state index in [1.165, 1.54) is 109 Å². The quantitative estimate of drug-likeness (QED) is 0.124. The van der Waals surface area contributed by atoms with Crippen molar-refractivity contribution in [2.45, 2.75) is 47.0 Å². The van der Waals surface area contributed by atoms with Crippen LogP contribution in [0.25, 0.3) is 98.4 Å². The van der Waals surface area contributed by atoms with E-state index in [4.69, 9.17) is 0 Å². The molecule has 0 amide bonds. The van der Waals surface area contributed by atoms with Gasteiger partial charge in [0.05, 0.1) is 0 Å². The van der Waals surface area contributed by atoms with Crippen LogP contribution in [0.1, 0.15) is 52.7 Å². The molecule has 0 fully saturated rings. The maximum absolute atomic E-state index is 2.53. The van der Waals surface area contributed by atoms with E-state index in [1.54, 1.807) is 0 Å². The van der Waals surface area contributed by atoms with Crippen molar-refractivity contribution in [3.8, 4) is 44.5 Å². The van der Waals surface area contributed by atoms with Gasteiger partial charge >= 0.3 is 0 Å². The molecule has 0 bridgehead atoms. The maximum atomic E-state index is 2.53. The fourth-order valence-corrected chi connectivity index (χ4v) is 11.8. The minimum atomic E-state index is -0.270. The molecule has 0 nitrogen and oxygen atoms in total. The Kier molecular flexibility index (Phi) is 7.70. The highest BCUT2D eigenvalue weighted by molar-refractivity contribution is 6.24. The lowest BCUT2D eigenvalue weighted by Gasteiger charge is -2.53. The molecule has 11 rings (SSSR count). The topological polar surface area (TPSA) is 0 Å². The first-order valence-electron chi connectivity index (χ1n) is 21.2. The van der Waals surface area contributed by atoms with Gasteiger partial charge in [0.25, 0.3) is 0 Å². The molecule has 0 N–H and O–H groups in total. The molecule has 10 aromatic rings. The van der Waals surface area contributed by atoms with E-state index in [9.17, 15) is 0 Å². The van der Waals surface area contributed by atoms with E-state index < -0.39 is 0 Å². The highest BCUT2D eigenvalue weighted by atomic mass is 14.6. The van der Waals surface area contributed by atoms with Crippen molar-refractivity contribution >= 4 is 53.9 Å². The van der Waals surface area contributed by atoms with E-state index in [2.05, 4.69) is 224 Å². The van der Waals surface area contributed by atoms with Crippen LogP contribution in [-0.2, 0) is 5.41 Å². The number of hydrogen-bond donors (Lipinski definition) is 0. The smallest absolute Gasteiger partial charge is 0.0318 e. The highest BCUT2D eigenvalue weighted by Gasteiger charge is 2.58. The van der Waals surface area contributed by atoms with Crippen LogP contribution >= 0.6 is 0 Å². The van der Waals surface area contributed by atoms with Crippen LogP contribution < -0.4 is 0 Å². The summed E-state index contributed by atoms with van der Waals surface area (Å²) in [6.07, 6.45) is 0. The van der Waals surface area contributed by atoms with E-state index in [0.717, 1.165) is 0 Å². The molecule has 0 radical (unpaired) electrons. The summed E-state index contributed by atoms with van der Waals surface area (Å²) in [5.41, 5.74) is 12.8. The molecule has 0 heteroatoms. The van der Waals surface area contributed by atoms with Gasteiger partial charge in [-0.3, -0.25) is 0 Å². The van der Waals surface area contributed by atoms with Crippen LogP contribution in [0.15, 0.2) is 182 Å². The summed E-state index contributed by atoms with van der Waals surface area (Å²) in [5.74, 6) is 0. The lowest BCUT2D eigenvalue weighted by molar-refractivity contribution is 0.0965. The van der Waals surface area contributed by atoms with Gasteiger partial charge in [0.2, 0.25) is 0 Å². The lowest BCUT2D eigenvalue weighted by Crippen LogP contribution is -2.50. The first kappa shape index (κ1) is 35.6. The van der Waals surface area contributed by atoms with Gasteiger partial charge < -0.3 is 0 Å². The summed E-state index contributed by atoms with van der Waals surface area (Å²) in [6.45, 7) is 14.8. The third-order valence-electron chi connectivity index (χ3n) is 13.7. The summed E-state index contributed by atoms with van der Waals surface area (Å²) < 4.78 is 0. The SMILES string of the molecule is CC(C)(C)C1(C(C)(C)C)c2cc3ccccc3cc2-c2c1c1ccc(-c3c4ccccc4c(-c4cccc(-c5ccccc5)c4)c4ccccc34)cc1c1ccccc21. The second-order valence-corrected chi connectivity index (χ2v) is 18.8. The van der Waals surface area contributed by atoms with E-state index >= 15 is 0 Å². The highest BCUT2D eigenvalue weighted by Crippen LogP contribution is 2.67. The zero-order chi connectivity index (χ0) is 40.3. The Morgan fingerprint density at radius 3 is 1.34 bits per heavy atom. The van der Waals surface area contributed by atoms with Crippen molar-refractivity contribution in [3.63, 3.8) is 0 Å². The van der Waals surface area contributed by atoms with Crippen LogP contribution in [0.2, 0.25) is 0 Å². The van der Waals surface area contributed by atoms with E-state index in [1.807, 2.05) is 0 Å². The van der Waals surface area contributed by atoms with Gasteiger partial charge in [0, 0.05) is 5.41 Å². The predicted molar refractivity (Wildman–Crippen MR) is 255 cm³/mol. The monoisotopic (exact) mass is 756 g/mol. The van der Waals surface area contributed by atoms with Crippen molar-refractivity contribution in [1.29, 1.82) is 0 Å². The Labute approximate surface area is 347 Å². The Morgan fingerprint density at radius 1 is 0.305 bits per heavy atom. The first-order chi connectivity index (χ1) is 28.6. The molecule has 284 valence electrons. The molecule has 0 heterocycles. The summed E-state index contributed by atoms with van der Waals surface area (Å²) >= 11 is 0. The average molecular weight is 757 g/mol. The normalized spacial score (nSPS) is 13.7. The minimum absolute atomic E-state index is 0.0954. The molecule has 0 saturated carbocycles. The molecule has 0 spiro atoms. The Hall–Kier alpha value is -6.50. The molecule has 0 aromatic heterocycles. The van der Waals surface area contributed by atoms with Crippen molar-refractivity contribution < 1.29 is 0 Å². The molecule has 10 aromatic carbocycles. The third-order valence-corrected chi connectivity index (χ3v) is 13.7. The second-order valence-electron chi connectivity index (χ2n) is 18.8. The van der Waals surface area contributed by atoms with Gasteiger partial charge in [-0.1, -0.05) is 199 Å². The van der Waals surface area contributed by atoms with E-state index in [-0.39, 0.29) is 16.2 Å². The standard InChI is InChI=1S/C59H48/c1-57(2,3)59(58(4,5)6)52-36-40-22-11-10-21-39(40)34-51(52)55-44-26-13-12-25-43(44)50-35-42(31-32-49(50)56(55)59)54-47-29-16-14-27-45(47)53(46-28-15-17-30-48(46)54)41-24-18-23-38(33-41)37-19-8-7-9-20-37/h7-36H,1-6H3. The number of rotatable bonds is 3. The van der Waals surface area contributed by atoms with Crippen molar-refractivity contribution in [3.05, 3.63) is 193 Å². The van der Waals surface area contributed by atoms with Crippen LogP contribution in [-0.4, -0.2) is 0 Å². The number of fused-ring (bicyclic) bond motifs is 11. The Bertz CT molecular complexity index is 3260. The molecule has 0 unspecified atom stereocenters. The molecule has 0 saturated heterocycles. The summed E-state index contributed by atoms with van der Waals surface area (Å²) in [4.78, 5) is 0.